The Labute approximate surface area is 121 Å². The maximum atomic E-state index is 12.1. The molecule has 2 rings (SSSR count). The highest BCUT2D eigenvalue weighted by Gasteiger charge is 2.28. The minimum absolute atomic E-state index is 0.0994. The number of amides is 1. The van der Waals surface area contributed by atoms with Gasteiger partial charge in [0.25, 0.3) is 0 Å². The predicted octanol–water partition coefficient (Wildman–Crippen LogP) is 1.98. The predicted molar refractivity (Wildman–Crippen MR) is 74.5 cm³/mol. The van der Waals surface area contributed by atoms with Gasteiger partial charge in [-0.05, 0) is 31.2 Å². The molecule has 0 aliphatic carbocycles. The van der Waals surface area contributed by atoms with Crippen LogP contribution in [0.2, 0.25) is 10.0 Å². The Morgan fingerprint density at radius 2 is 2.11 bits per heavy atom. The number of carbonyl (C=O) groups excluding carboxylic acids is 2. The largest absolute Gasteiger partial charge is 0.369 e. The second kappa shape index (κ2) is 5.90. The molecule has 19 heavy (non-hydrogen) atoms. The Morgan fingerprint density at radius 3 is 2.74 bits per heavy atom. The van der Waals surface area contributed by atoms with Crippen LogP contribution in [0.3, 0.4) is 0 Å². The third-order valence-electron chi connectivity index (χ3n) is 3.27. The van der Waals surface area contributed by atoms with Crippen molar-refractivity contribution >= 4 is 34.9 Å². The second-order valence-corrected chi connectivity index (χ2v) is 5.51. The molecule has 0 saturated carbocycles. The molecule has 1 aromatic rings. The van der Waals surface area contributed by atoms with E-state index in [1.54, 1.807) is 18.2 Å². The van der Waals surface area contributed by atoms with Crippen LogP contribution in [-0.4, -0.2) is 36.2 Å². The fourth-order valence-electron chi connectivity index (χ4n) is 2.21. The van der Waals surface area contributed by atoms with E-state index in [0.29, 0.717) is 35.1 Å². The van der Waals surface area contributed by atoms with Crippen molar-refractivity contribution < 1.29 is 9.59 Å². The summed E-state index contributed by atoms with van der Waals surface area (Å²) in [6.45, 7) is 1.45. The molecule has 102 valence electrons. The fraction of sp³-hybridized carbons (Fsp3) is 0.385. The van der Waals surface area contributed by atoms with Gasteiger partial charge in [0.2, 0.25) is 5.91 Å². The van der Waals surface area contributed by atoms with E-state index in [2.05, 4.69) is 0 Å². The Balaban J connectivity index is 2.02. The van der Waals surface area contributed by atoms with Gasteiger partial charge in [-0.3, -0.25) is 14.5 Å². The van der Waals surface area contributed by atoms with Crippen molar-refractivity contribution in [1.29, 1.82) is 0 Å². The molecule has 1 atom stereocenters. The number of nitrogens with zero attached hydrogens (tertiary/aromatic N) is 1. The van der Waals surface area contributed by atoms with Gasteiger partial charge in [-0.2, -0.15) is 0 Å². The summed E-state index contributed by atoms with van der Waals surface area (Å²) in [5.41, 5.74) is 5.67. The van der Waals surface area contributed by atoms with Gasteiger partial charge < -0.3 is 5.73 Å². The topological polar surface area (TPSA) is 63.4 Å². The second-order valence-electron chi connectivity index (χ2n) is 4.67. The van der Waals surface area contributed by atoms with Crippen molar-refractivity contribution in [3.8, 4) is 0 Å². The molecule has 0 aromatic heterocycles. The molecule has 1 aliphatic rings. The van der Waals surface area contributed by atoms with Crippen molar-refractivity contribution in [3.05, 3.63) is 33.8 Å². The first-order valence-corrected chi connectivity index (χ1v) is 6.73. The van der Waals surface area contributed by atoms with Gasteiger partial charge in [0, 0.05) is 17.1 Å². The number of benzene rings is 1. The lowest BCUT2D eigenvalue weighted by atomic mass is 10.1. The van der Waals surface area contributed by atoms with Crippen LogP contribution in [0.15, 0.2) is 18.2 Å². The zero-order chi connectivity index (χ0) is 14.0. The molecule has 6 heteroatoms. The summed E-state index contributed by atoms with van der Waals surface area (Å²) >= 11 is 11.8. The van der Waals surface area contributed by atoms with E-state index in [-0.39, 0.29) is 24.2 Å². The van der Waals surface area contributed by atoms with E-state index < -0.39 is 0 Å². The van der Waals surface area contributed by atoms with Crippen molar-refractivity contribution in [3.63, 3.8) is 0 Å². The third-order valence-corrected chi connectivity index (χ3v) is 3.84. The zero-order valence-electron chi connectivity index (χ0n) is 10.2. The van der Waals surface area contributed by atoms with Gasteiger partial charge in [0.05, 0.1) is 17.5 Å². The molecule has 1 aromatic carbocycles. The van der Waals surface area contributed by atoms with Crippen LogP contribution in [0.5, 0.6) is 0 Å². The molecule has 1 amide bonds. The highest BCUT2D eigenvalue weighted by Crippen LogP contribution is 2.22. The van der Waals surface area contributed by atoms with Crippen LogP contribution in [0.4, 0.5) is 0 Å². The highest BCUT2D eigenvalue weighted by molar-refractivity contribution is 6.36. The van der Waals surface area contributed by atoms with E-state index in [1.165, 1.54) is 0 Å². The SMILES string of the molecule is NC(=O)C1CCN(CC(=O)c2cc(Cl)ccc2Cl)C1. The third kappa shape index (κ3) is 3.47. The number of Topliss-reactive ketones (excluding diaryl/α,β-unsaturated/α-hetero) is 1. The van der Waals surface area contributed by atoms with Crippen LogP contribution in [0, 0.1) is 5.92 Å². The van der Waals surface area contributed by atoms with E-state index in [9.17, 15) is 9.59 Å². The van der Waals surface area contributed by atoms with Gasteiger partial charge in [-0.15, -0.1) is 0 Å². The Kier molecular flexibility index (Phi) is 4.45. The smallest absolute Gasteiger partial charge is 0.221 e. The summed E-state index contributed by atoms with van der Waals surface area (Å²) in [4.78, 5) is 25.1. The molecule has 1 fully saturated rings. The van der Waals surface area contributed by atoms with Gasteiger partial charge in [-0.1, -0.05) is 23.2 Å². The quantitative estimate of drug-likeness (QED) is 0.865. The average molecular weight is 301 g/mol. The number of carbonyl (C=O) groups is 2. The van der Waals surface area contributed by atoms with Crippen LogP contribution in [0.25, 0.3) is 0 Å². The van der Waals surface area contributed by atoms with Crippen molar-refractivity contribution in [1.82, 2.24) is 4.90 Å². The van der Waals surface area contributed by atoms with E-state index in [4.69, 9.17) is 28.9 Å². The maximum absolute atomic E-state index is 12.1. The molecule has 1 saturated heterocycles. The number of rotatable bonds is 4. The van der Waals surface area contributed by atoms with Crippen LogP contribution in [0.1, 0.15) is 16.8 Å². The summed E-state index contributed by atoms with van der Waals surface area (Å²) in [7, 11) is 0. The fourth-order valence-corrected chi connectivity index (χ4v) is 2.60. The zero-order valence-corrected chi connectivity index (χ0v) is 11.7. The molecule has 1 unspecified atom stereocenters. The van der Waals surface area contributed by atoms with Crippen LogP contribution < -0.4 is 5.73 Å². The number of ketones is 1. The average Bonchev–Trinajstić information content (AvgIpc) is 2.80. The monoisotopic (exact) mass is 300 g/mol. The lowest BCUT2D eigenvalue weighted by molar-refractivity contribution is -0.121. The van der Waals surface area contributed by atoms with E-state index in [0.717, 1.165) is 0 Å². The summed E-state index contributed by atoms with van der Waals surface area (Å²) < 4.78 is 0. The highest BCUT2D eigenvalue weighted by atomic mass is 35.5. The maximum Gasteiger partial charge on any atom is 0.221 e. The Morgan fingerprint density at radius 1 is 1.37 bits per heavy atom. The number of hydrogen-bond acceptors (Lipinski definition) is 3. The summed E-state index contributed by atoms with van der Waals surface area (Å²) in [5.74, 6) is -0.573. The van der Waals surface area contributed by atoms with Crippen LogP contribution >= 0.6 is 23.2 Å². The first-order chi connectivity index (χ1) is 8.97. The summed E-state index contributed by atoms with van der Waals surface area (Å²) in [5, 5.41) is 0.865. The van der Waals surface area contributed by atoms with Gasteiger partial charge in [-0.25, -0.2) is 0 Å². The lowest BCUT2D eigenvalue weighted by Crippen LogP contribution is -2.31. The minimum Gasteiger partial charge on any atom is -0.369 e. The minimum atomic E-state index is -0.310. The van der Waals surface area contributed by atoms with Gasteiger partial charge in [0.1, 0.15) is 0 Å². The molecular formula is C13H14Cl2N2O2. The lowest BCUT2D eigenvalue weighted by Gasteiger charge is -2.14. The Hall–Kier alpha value is -1.10. The first-order valence-electron chi connectivity index (χ1n) is 5.97. The molecule has 0 spiro atoms. The first kappa shape index (κ1) is 14.3. The molecule has 2 N–H and O–H groups in total. The summed E-state index contributed by atoms with van der Waals surface area (Å²) in [6.07, 6.45) is 0.700. The number of primary amides is 1. The van der Waals surface area contributed by atoms with Crippen molar-refractivity contribution in [2.45, 2.75) is 6.42 Å². The number of likely N-dealkylation sites (tertiary alicyclic amines) is 1. The Bertz CT molecular complexity index is 519. The van der Waals surface area contributed by atoms with Crippen LogP contribution in [-0.2, 0) is 4.79 Å². The number of hydrogen-bond donors (Lipinski definition) is 1. The van der Waals surface area contributed by atoms with Crippen molar-refractivity contribution in [2.75, 3.05) is 19.6 Å². The van der Waals surface area contributed by atoms with Crippen molar-refractivity contribution in [2.24, 2.45) is 11.7 Å². The number of halogens is 2. The molecule has 0 bridgehead atoms. The molecular weight excluding hydrogens is 287 g/mol. The van der Waals surface area contributed by atoms with E-state index in [1.807, 2.05) is 4.90 Å². The molecule has 1 heterocycles. The molecule has 0 radical (unpaired) electrons. The van der Waals surface area contributed by atoms with Gasteiger partial charge in [0.15, 0.2) is 5.78 Å². The number of nitrogens with two attached hydrogens (primary N) is 1. The van der Waals surface area contributed by atoms with Gasteiger partial charge >= 0.3 is 0 Å². The summed E-state index contributed by atoms with van der Waals surface area (Å²) in [6, 6.07) is 4.81. The normalized spacial score (nSPS) is 19.6. The standard InChI is InChI=1S/C13H14Cl2N2O2/c14-9-1-2-11(15)10(5-9)12(18)7-17-4-3-8(6-17)13(16)19/h1-2,5,8H,3-4,6-7H2,(H2,16,19). The van der Waals surface area contributed by atoms with E-state index >= 15 is 0 Å². The molecule has 1 aliphatic heterocycles. The molecule has 4 nitrogen and oxygen atoms in total.